The minimum absolute atomic E-state index is 0.187. The third-order valence-corrected chi connectivity index (χ3v) is 4.17. The van der Waals surface area contributed by atoms with Gasteiger partial charge in [0, 0.05) is 30.2 Å². The average Bonchev–Trinajstić information content (AvgIpc) is 2.40. The van der Waals surface area contributed by atoms with Crippen molar-refractivity contribution in [2.24, 2.45) is 5.73 Å². The molecule has 0 saturated carbocycles. The lowest BCUT2D eigenvalue weighted by molar-refractivity contribution is 0.203. The van der Waals surface area contributed by atoms with E-state index in [4.69, 9.17) is 10.5 Å². The summed E-state index contributed by atoms with van der Waals surface area (Å²) in [5.74, 6) is 0. The molecule has 2 atom stereocenters. The summed E-state index contributed by atoms with van der Waals surface area (Å²) in [6.07, 6.45) is 2.01. The van der Waals surface area contributed by atoms with E-state index < -0.39 is 0 Å². The fourth-order valence-electron chi connectivity index (χ4n) is 2.27. The second kappa shape index (κ2) is 8.65. The van der Waals surface area contributed by atoms with Crippen LogP contribution in [0.3, 0.4) is 0 Å². The number of methoxy groups -OCH3 is 1. The molecule has 0 aromatic heterocycles. The molecule has 0 bridgehead atoms. The Balaban J connectivity index is 2.95. The molecule has 1 rings (SSSR count). The maximum Gasteiger partial charge on any atom is 0.0637 e. The molecule has 0 fully saturated rings. The molecule has 0 aliphatic rings. The number of ether oxygens (including phenoxy) is 1. The molecule has 0 heterocycles. The van der Waals surface area contributed by atoms with Crippen molar-refractivity contribution in [2.75, 3.05) is 25.2 Å². The topological polar surface area (TPSA) is 38.5 Å². The number of hydrogen-bond acceptors (Lipinski definition) is 3. The first-order chi connectivity index (χ1) is 9.49. The molecule has 4 heteroatoms. The van der Waals surface area contributed by atoms with Crippen LogP contribution in [0.15, 0.2) is 22.7 Å². The predicted octanol–water partition coefficient (Wildman–Crippen LogP) is 3.59. The van der Waals surface area contributed by atoms with Crippen LogP contribution < -0.4 is 10.6 Å². The second-order valence-electron chi connectivity index (χ2n) is 5.41. The number of rotatable bonds is 8. The fraction of sp³-hybridized carbons (Fsp3) is 0.625. The van der Waals surface area contributed by atoms with Crippen LogP contribution in [0.25, 0.3) is 0 Å². The minimum atomic E-state index is 0.187. The fourth-order valence-corrected chi connectivity index (χ4v) is 2.92. The first-order valence-corrected chi connectivity index (χ1v) is 8.08. The monoisotopic (exact) mass is 342 g/mol. The van der Waals surface area contributed by atoms with Crippen LogP contribution in [0.2, 0.25) is 0 Å². The van der Waals surface area contributed by atoms with Crippen molar-refractivity contribution in [3.05, 3.63) is 28.2 Å². The van der Waals surface area contributed by atoms with Gasteiger partial charge in [-0.05, 0) is 60.3 Å². The number of anilines is 1. The molecule has 114 valence electrons. The van der Waals surface area contributed by atoms with Crippen molar-refractivity contribution >= 4 is 21.6 Å². The lowest BCUT2D eigenvalue weighted by Crippen LogP contribution is -2.35. The van der Waals surface area contributed by atoms with Crippen molar-refractivity contribution < 1.29 is 4.74 Å². The summed E-state index contributed by atoms with van der Waals surface area (Å²) in [5, 5.41) is 0. The van der Waals surface area contributed by atoms with E-state index in [1.807, 2.05) is 6.92 Å². The maximum atomic E-state index is 5.87. The number of halogens is 1. The zero-order chi connectivity index (χ0) is 15.1. The van der Waals surface area contributed by atoms with E-state index in [9.17, 15) is 0 Å². The summed E-state index contributed by atoms with van der Waals surface area (Å²) in [6.45, 7) is 8.13. The smallest absolute Gasteiger partial charge is 0.0637 e. The van der Waals surface area contributed by atoms with Gasteiger partial charge in [-0.1, -0.05) is 13.0 Å². The lowest BCUT2D eigenvalue weighted by atomic mass is 10.1. The van der Waals surface area contributed by atoms with Crippen LogP contribution in [-0.2, 0) is 11.2 Å². The van der Waals surface area contributed by atoms with Gasteiger partial charge in [-0.25, -0.2) is 0 Å². The standard InChI is InChI=1S/C16H27BrN2O/c1-5-13(3)19(8-9-20-4)16-7-6-14(10-12(2)18)11-15(16)17/h6-7,11-13H,5,8-10,18H2,1-4H3. The van der Waals surface area contributed by atoms with Gasteiger partial charge in [0.2, 0.25) is 0 Å². The Morgan fingerprint density at radius 3 is 2.55 bits per heavy atom. The quantitative estimate of drug-likeness (QED) is 0.784. The molecule has 3 nitrogen and oxygen atoms in total. The van der Waals surface area contributed by atoms with E-state index in [1.165, 1.54) is 11.3 Å². The van der Waals surface area contributed by atoms with Gasteiger partial charge in [-0.15, -0.1) is 0 Å². The van der Waals surface area contributed by atoms with Crippen molar-refractivity contribution in [3.8, 4) is 0 Å². The Bertz CT molecular complexity index is 409. The second-order valence-corrected chi connectivity index (χ2v) is 6.26. The Morgan fingerprint density at radius 1 is 1.35 bits per heavy atom. The highest BCUT2D eigenvalue weighted by molar-refractivity contribution is 9.10. The SMILES string of the molecule is CCC(C)N(CCOC)c1ccc(CC(C)N)cc1Br. The summed E-state index contributed by atoms with van der Waals surface area (Å²) in [5.41, 5.74) is 8.36. The van der Waals surface area contributed by atoms with Crippen molar-refractivity contribution in [2.45, 2.75) is 45.7 Å². The number of hydrogen-bond donors (Lipinski definition) is 1. The van der Waals surface area contributed by atoms with E-state index in [1.54, 1.807) is 7.11 Å². The number of nitrogens with two attached hydrogens (primary N) is 1. The summed E-state index contributed by atoms with van der Waals surface area (Å²) >= 11 is 3.70. The summed E-state index contributed by atoms with van der Waals surface area (Å²) in [7, 11) is 1.75. The Morgan fingerprint density at radius 2 is 2.05 bits per heavy atom. The largest absolute Gasteiger partial charge is 0.383 e. The Hall–Kier alpha value is -0.580. The molecule has 0 radical (unpaired) electrons. The summed E-state index contributed by atoms with van der Waals surface area (Å²) in [4.78, 5) is 2.39. The highest BCUT2D eigenvalue weighted by Crippen LogP contribution is 2.29. The number of nitrogens with zero attached hydrogens (tertiary/aromatic N) is 1. The Kier molecular flexibility index (Phi) is 7.56. The third kappa shape index (κ3) is 5.08. The van der Waals surface area contributed by atoms with Crippen molar-refractivity contribution in [1.29, 1.82) is 0 Å². The van der Waals surface area contributed by atoms with Crippen LogP contribution in [0.1, 0.15) is 32.8 Å². The van der Waals surface area contributed by atoms with Gasteiger partial charge in [0.1, 0.15) is 0 Å². The maximum absolute atomic E-state index is 5.87. The van der Waals surface area contributed by atoms with Crippen molar-refractivity contribution in [1.82, 2.24) is 0 Å². The first kappa shape index (κ1) is 17.5. The van der Waals surface area contributed by atoms with Gasteiger partial charge in [0.25, 0.3) is 0 Å². The molecule has 2 unspecified atom stereocenters. The van der Waals surface area contributed by atoms with Crippen LogP contribution in [0.5, 0.6) is 0 Å². The first-order valence-electron chi connectivity index (χ1n) is 7.29. The number of benzene rings is 1. The molecule has 1 aromatic carbocycles. The van der Waals surface area contributed by atoms with Gasteiger partial charge in [-0.2, -0.15) is 0 Å². The third-order valence-electron chi connectivity index (χ3n) is 3.54. The van der Waals surface area contributed by atoms with Crippen molar-refractivity contribution in [3.63, 3.8) is 0 Å². The van der Waals surface area contributed by atoms with E-state index in [0.717, 1.165) is 30.5 Å². The van der Waals surface area contributed by atoms with Gasteiger partial charge in [-0.3, -0.25) is 0 Å². The molecule has 2 N–H and O–H groups in total. The summed E-state index contributed by atoms with van der Waals surface area (Å²) in [6, 6.07) is 7.21. The van der Waals surface area contributed by atoms with Crippen LogP contribution >= 0.6 is 15.9 Å². The molecular weight excluding hydrogens is 316 g/mol. The zero-order valence-corrected chi connectivity index (χ0v) is 14.6. The van der Waals surface area contributed by atoms with Gasteiger partial charge in [0.05, 0.1) is 12.3 Å². The molecule has 1 aromatic rings. The molecule has 20 heavy (non-hydrogen) atoms. The van der Waals surface area contributed by atoms with Crippen LogP contribution in [-0.4, -0.2) is 32.3 Å². The molecule has 0 spiro atoms. The van der Waals surface area contributed by atoms with Gasteiger partial charge >= 0.3 is 0 Å². The Labute approximate surface area is 131 Å². The van der Waals surface area contributed by atoms with E-state index in [2.05, 4.69) is 52.9 Å². The van der Waals surface area contributed by atoms with E-state index in [-0.39, 0.29) is 6.04 Å². The normalized spacial score (nSPS) is 14.1. The molecule has 0 saturated heterocycles. The summed E-state index contributed by atoms with van der Waals surface area (Å²) < 4.78 is 6.36. The highest BCUT2D eigenvalue weighted by Gasteiger charge is 2.15. The molecule has 0 aliphatic carbocycles. The molecular formula is C16H27BrN2O. The molecule has 0 amide bonds. The highest BCUT2D eigenvalue weighted by atomic mass is 79.9. The van der Waals surface area contributed by atoms with E-state index in [0.29, 0.717) is 6.04 Å². The minimum Gasteiger partial charge on any atom is -0.383 e. The average molecular weight is 343 g/mol. The lowest BCUT2D eigenvalue weighted by Gasteiger charge is -2.31. The van der Waals surface area contributed by atoms with E-state index >= 15 is 0 Å². The predicted molar refractivity (Wildman–Crippen MR) is 90.5 cm³/mol. The van der Waals surface area contributed by atoms with Crippen LogP contribution in [0.4, 0.5) is 5.69 Å². The molecule has 0 aliphatic heterocycles. The van der Waals surface area contributed by atoms with Gasteiger partial charge < -0.3 is 15.4 Å². The van der Waals surface area contributed by atoms with Gasteiger partial charge in [0.15, 0.2) is 0 Å². The zero-order valence-electron chi connectivity index (χ0n) is 13.0. The van der Waals surface area contributed by atoms with Crippen LogP contribution in [0, 0.1) is 0 Å².